The van der Waals surface area contributed by atoms with Gasteiger partial charge in [0.15, 0.2) is 5.82 Å². The number of halogens is 1. The van der Waals surface area contributed by atoms with Crippen molar-refractivity contribution in [1.82, 2.24) is 9.97 Å². The second-order valence-corrected chi connectivity index (χ2v) is 7.71. The molecule has 3 aromatic rings. The van der Waals surface area contributed by atoms with E-state index in [1.807, 2.05) is 0 Å². The van der Waals surface area contributed by atoms with Crippen LogP contribution in [0.5, 0.6) is 11.5 Å². The summed E-state index contributed by atoms with van der Waals surface area (Å²) in [5, 5.41) is 9.72. The average Bonchev–Trinajstić information content (AvgIpc) is 3.18. The van der Waals surface area contributed by atoms with Crippen molar-refractivity contribution < 1.29 is 23.8 Å². The molecule has 0 aliphatic carbocycles. The van der Waals surface area contributed by atoms with Gasteiger partial charge in [-0.1, -0.05) is 0 Å². The van der Waals surface area contributed by atoms with E-state index in [0.717, 1.165) is 0 Å². The Kier molecular flexibility index (Phi) is 5.48. The summed E-state index contributed by atoms with van der Waals surface area (Å²) in [6.07, 6.45) is 1.15. The van der Waals surface area contributed by atoms with Gasteiger partial charge in [-0.3, -0.25) is 4.79 Å². The Morgan fingerprint density at radius 3 is 2.31 bits per heavy atom. The minimum atomic E-state index is -1.13. The number of aromatic nitrogens is 2. The first-order valence-corrected chi connectivity index (χ1v) is 10.00. The Morgan fingerprint density at radius 1 is 1.09 bits per heavy atom. The Balaban J connectivity index is 1.66. The maximum absolute atomic E-state index is 13.1. The number of benzene rings is 2. The third-order valence-electron chi connectivity index (χ3n) is 5.51. The highest BCUT2D eigenvalue weighted by Gasteiger charge is 2.44. The van der Waals surface area contributed by atoms with E-state index >= 15 is 0 Å². The van der Waals surface area contributed by atoms with Crippen LogP contribution in [0.2, 0.25) is 0 Å². The molecule has 0 bridgehead atoms. The number of carbonyl (C=O) groups excluding carboxylic acids is 1. The van der Waals surface area contributed by atoms with Crippen LogP contribution in [0.4, 0.5) is 10.2 Å². The number of amides is 1. The predicted molar refractivity (Wildman–Crippen MR) is 115 cm³/mol. The Morgan fingerprint density at radius 2 is 1.72 bits per heavy atom. The molecule has 0 saturated carbocycles. The van der Waals surface area contributed by atoms with E-state index in [1.165, 1.54) is 30.3 Å². The molecule has 3 N–H and O–H groups in total. The zero-order chi connectivity index (χ0) is 22.9. The van der Waals surface area contributed by atoms with Gasteiger partial charge < -0.3 is 20.5 Å². The van der Waals surface area contributed by atoms with Crippen LogP contribution < -0.4 is 15.4 Å². The van der Waals surface area contributed by atoms with E-state index in [2.05, 4.69) is 9.97 Å². The quantitative estimate of drug-likeness (QED) is 0.606. The van der Waals surface area contributed by atoms with Crippen LogP contribution in [-0.4, -0.2) is 39.0 Å². The lowest BCUT2D eigenvalue weighted by atomic mass is 9.99. The number of aliphatic carboxylic acids is 1. The molecule has 164 valence electrons. The molecular formula is C23H21FN4O4. The van der Waals surface area contributed by atoms with Crippen molar-refractivity contribution in [1.29, 1.82) is 0 Å². The minimum Gasteiger partial charge on any atom is -0.480 e. The summed E-state index contributed by atoms with van der Waals surface area (Å²) < 4.78 is 18.7. The number of carboxylic acids is 1. The molecule has 32 heavy (non-hydrogen) atoms. The zero-order valence-corrected chi connectivity index (χ0v) is 17.3. The minimum absolute atomic E-state index is 0.00345. The largest absolute Gasteiger partial charge is 0.480 e. The van der Waals surface area contributed by atoms with Gasteiger partial charge in [-0.25, -0.2) is 19.2 Å². The number of primary amides is 1. The van der Waals surface area contributed by atoms with Crippen molar-refractivity contribution in [3.63, 3.8) is 0 Å². The van der Waals surface area contributed by atoms with Crippen molar-refractivity contribution in [3.8, 4) is 22.9 Å². The van der Waals surface area contributed by atoms with E-state index in [9.17, 15) is 19.1 Å². The first kappa shape index (κ1) is 21.2. The molecule has 8 nitrogen and oxygen atoms in total. The van der Waals surface area contributed by atoms with Crippen molar-refractivity contribution >= 4 is 17.7 Å². The molecule has 1 amide bonds. The van der Waals surface area contributed by atoms with E-state index in [1.54, 1.807) is 36.1 Å². The molecule has 1 aliphatic heterocycles. The summed E-state index contributed by atoms with van der Waals surface area (Å²) >= 11 is 0. The van der Waals surface area contributed by atoms with E-state index < -0.39 is 17.4 Å². The highest BCUT2D eigenvalue weighted by molar-refractivity contribution is 5.92. The molecule has 1 saturated heterocycles. The molecule has 2 aromatic carbocycles. The van der Waals surface area contributed by atoms with Gasteiger partial charge in [0.25, 0.3) is 5.91 Å². The van der Waals surface area contributed by atoms with Crippen LogP contribution in [-0.2, 0) is 4.79 Å². The lowest BCUT2D eigenvalue weighted by Crippen LogP contribution is -2.48. The second kappa shape index (κ2) is 8.26. The monoisotopic (exact) mass is 436 g/mol. The SMILES string of the molecule is CC1(C(=O)O)CCCN1c1cc(C(N)=O)nc(-c2ccc(Oc3ccc(F)cc3)cc2)n1. The summed E-state index contributed by atoms with van der Waals surface area (Å²) in [7, 11) is 0. The average molecular weight is 436 g/mol. The third kappa shape index (κ3) is 4.09. The first-order valence-electron chi connectivity index (χ1n) is 10.00. The van der Waals surface area contributed by atoms with E-state index in [-0.39, 0.29) is 17.3 Å². The number of hydrogen-bond acceptors (Lipinski definition) is 6. The van der Waals surface area contributed by atoms with Gasteiger partial charge in [0.1, 0.15) is 34.4 Å². The molecule has 1 unspecified atom stereocenters. The fourth-order valence-corrected chi connectivity index (χ4v) is 3.69. The van der Waals surface area contributed by atoms with E-state index in [0.29, 0.717) is 42.3 Å². The van der Waals surface area contributed by atoms with Gasteiger partial charge in [-0.15, -0.1) is 0 Å². The molecule has 1 atom stereocenters. The zero-order valence-electron chi connectivity index (χ0n) is 17.3. The fourth-order valence-electron chi connectivity index (χ4n) is 3.69. The van der Waals surface area contributed by atoms with Crippen LogP contribution in [0.1, 0.15) is 30.3 Å². The van der Waals surface area contributed by atoms with Crippen molar-refractivity contribution in [3.05, 3.63) is 66.1 Å². The van der Waals surface area contributed by atoms with Crippen LogP contribution >= 0.6 is 0 Å². The van der Waals surface area contributed by atoms with Crippen molar-refractivity contribution in [2.24, 2.45) is 5.73 Å². The topological polar surface area (TPSA) is 119 Å². The van der Waals surface area contributed by atoms with Gasteiger partial charge in [0.2, 0.25) is 0 Å². The molecule has 0 radical (unpaired) electrons. The molecule has 1 fully saturated rings. The smallest absolute Gasteiger partial charge is 0.329 e. The van der Waals surface area contributed by atoms with E-state index in [4.69, 9.17) is 10.5 Å². The normalized spacial score (nSPS) is 17.9. The Labute approximate surface area is 183 Å². The molecular weight excluding hydrogens is 415 g/mol. The van der Waals surface area contributed by atoms with Gasteiger partial charge in [-0.05, 0) is 68.3 Å². The number of hydrogen-bond donors (Lipinski definition) is 2. The second-order valence-electron chi connectivity index (χ2n) is 7.71. The number of carboxylic acid groups (broad SMARTS) is 1. The lowest BCUT2D eigenvalue weighted by molar-refractivity contribution is -0.142. The van der Waals surface area contributed by atoms with Gasteiger partial charge in [0.05, 0.1) is 0 Å². The first-order chi connectivity index (χ1) is 15.3. The highest BCUT2D eigenvalue weighted by atomic mass is 19.1. The summed E-state index contributed by atoms with van der Waals surface area (Å²) in [5.41, 5.74) is 4.93. The number of rotatable bonds is 6. The molecule has 2 heterocycles. The van der Waals surface area contributed by atoms with Gasteiger partial charge in [-0.2, -0.15) is 0 Å². The van der Waals surface area contributed by atoms with Crippen LogP contribution in [0.25, 0.3) is 11.4 Å². The summed E-state index contributed by atoms with van der Waals surface area (Å²) in [6.45, 7) is 2.12. The Hall–Kier alpha value is -4.01. The molecule has 9 heteroatoms. The van der Waals surface area contributed by atoms with Gasteiger partial charge in [0, 0.05) is 18.2 Å². The maximum Gasteiger partial charge on any atom is 0.329 e. The lowest BCUT2D eigenvalue weighted by Gasteiger charge is -2.32. The number of anilines is 1. The molecule has 0 spiro atoms. The number of ether oxygens (including phenoxy) is 1. The van der Waals surface area contributed by atoms with Crippen LogP contribution in [0, 0.1) is 5.82 Å². The molecule has 1 aromatic heterocycles. The Bertz CT molecular complexity index is 1170. The number of nitrogens with two attached hydrogens (primary N) is 1. The standard InChI is InChI=1S/C23H21FN4O4/c1-23(22(30)31)11-2-12-28(23)19-13-18(20(25)29)26-21(27-19)14-3-7-16(8-4-14)32-17-9-5-15(24)6-10-17/h3-10,13H,2,11-12H2,1H3,(H2,25,29)(H,30,31). The van der Waals surface area contributed by atoms with Crippen LogP contribution in [0.15, 0.2) is 54.6 Å². The summed E-state index contributed by atoms with van der Waals surface area (Å²) in [5.74, 6) is -0.477. The summed E-state index contributed by atoms with van der Waals surface area (Å²) in [6, 6.07) is 13.9. The van der Waals surface area contributed by atoms with Crippen LogP contribution in [0.3, 0.4) is 0 Å². The van der Waals surface area contributed by atoms with Crippen molar-refractivity contribution in [2.45, 2.75) is 25.3 Å². The molecule has 4 rings (SSSR count). The van der Waals surface area contributed by atoms with Crippen molar-refractivity contribution in [2.75, 3.05) is 11.4 Å². The molecule has 1 aliphatic rings. The predicted octanol–water partition coefficient (Wildman–Crippen LogP) is 3.62. The third-order valence-corrected chi connectivity index (χ3v) is 5.51. The number of nitrogens with zero attached hydrogens (tertiary/aromatic N) is 3. The maximum atomic E-state index is 13.1. The number of carbonyl (C=O) groups is 2. The summed E-state index contributed by atoms with van der Waals surface area (Å²) in [4.78, 5) is 34.2. The highest BCUT2D eigenvalue weighted by Crippen LogP contribution is 2.34. The fraction of sp³-hybridized carbons (Fsp3) is 0.217. The van der Waals surface area contributed by atoms with Gasteiger partial charge >= 0.3 is 5.97 Å².